The molecule has 1 heterocycles. The molecule has 0 N–H and O–H groups in total. The molecule has 0 saturated heterocycles. The van der Waals surface area contributed by atoms with Gasteiger partial charge in [0.25, 0.3) is 0 Å². The van der Waals surface area contributed by atoms with Gasteiger partial charge in [-0.05, 0) is 23.5 Å². The first-order valence-electron chi connectivity index (χ1n) is 6.77. The van der Waals surface area contributed by atoms with Crippen LogP contribution < -0.4 is 4.74 Å². The molecule has 0 aliphatic heterocycles. The number of rotatable bonds is 4. The van der Waals surface area contributed by atoms with Gasteiger partial charge in [-0.2, -0.15) is 0 Å². The predicted molar refractivity (Wildman–Crippen MR) is 81.7 cm³/mol. The number of para-hydroxylation sites is 1. The molecular weight excluding hydrogens is 272 g/mol. The summed E-state index contributed by atoms with van der Waals surface area (Å²) in [5, 5.41) is 0.451. The zero-order valence-corrected chi connectivity index (χ0v) is 13.0. The van der Waals surface area contributed by atoms with Crippen LogP contribution in [0.1, 0.15) is 50.7 Å². The summed E-state index contributed by atoms with van der Waals surface area (Å²) >= 11 is 6.16. The van der Waals surface area contributed by atoms with E-state index in [1.807, 2.05) is 32.0 Å². The number of hydrogen-bond acceptors (Lipinski definition) is 3. The fraction of sp³-hybridized carbons (Fsp3) is 0.375. The molecule has 0 aliphatic carbocycles. The molecule has 2 rings (SSSR count). The monoisotopic (exact) mass is 290 g/mol. The summed E-state index contributed by atoms with van der Waals surface area (Å²) in [4.78, 5) is 8.27. The van der Waals surface area contributed by atoms with Crippen molar-refractivity contribution in [2.75, 3.05) is 0 Å². The second kappa shape index (κ2) is 6.23. The highest BCUT2D eigenvalue weighted by Crippen LogP contribution is 2.35. The molecule has 4 heteroatoms. The van der Waals surface area contributed by atoms with Crippen molar-refractivity contribution < 1.29 is 4.74 Å². The third-order valence-corrected chi connectivity index (χ3v) is 3.42. The Bertz CT molecular complexity index is 597. The van der Waals surface area contributed by atoms with Crippen molar-refractivity contribution in [1.82, 2.24) is 9.97 Å². The Hall–Kier alpha value is -1.61. The Morgan fingerprint density at radius 3 is 2.35 bits per heavy atom. The molecule has 0 fully saturated rings. The summed E-state index contributed by atoms with van der Waals surface area (Å²) in [6.45, 7) is 8.37. The molecule has 2 aromatic rings. The zero-order valence-electron chi connectivity index (χ0n) is 12.2. The lowest BCUT2D eigenvalue weighted by molar-refractivity contribution is 0.443. The maximum absolute atomic E-state index is 6.16. The highest BCUT2D eigenvalue weighted by molar-refractivity contribution is 6.30. The van der Waals surface area contributed by atoms with Crippen LogP contribution in [0.15, 0.2) is 30.6 Å². The van der Waals surface area contributed by atoms with Gasteiger partial charge in [-0.3, -0.25) is 0 Å². The second-order valence-corrected chi connectivity index (χ2v) is 5.69. The average Bonchev–Trinajstić information content (AvgIpc) is 2.38. The molecular formula is C16H19ClN2O. The van der Waals surface area contributed by atoms with Crippen molar-refractivity contribution in [3.8, 4) is 11.6 Å². The minimum Gasteiger partial charge on any atom is -0.438 e. The standard InChI is InChI=1S/C16H19ClN2O/c1-10(2)12-7-5-6-8-13(12)20-16-14(11(3)4)15(17)18-9-19-16/h5-11H,1-4H3. The van der Waals surface area contributed by atoms with Crippen molar-refractivity contribution in [3.63, 3.8) is 0 Å². The highest BCUT2D eigenvalue weighted by Gasteiger charge is 2.17. The highest BCUT2D eigenvalue weighted by atomic mass is 35.5. The molecule has 0 radical (unpaired) electrons. The third-order valence-electron chi connectivity index (χ3n) is 3.12. The first-order valence-corrected chi connectivity index (χ1v) is 7.15. The van der Waals surface area contributed by atoms with Crippen LogP contribution in [0.2, 0.25) is 5.15 Å². The van der Waals surface area contributed by atoms with Gasteiger partial charge < -0.3 is 4.74 Å². The van der Waals surface area contributed by atoms with Gasteiger partial charge in [-0.15, -0.1) is 0 Å². The van der Waals surface area contributed by atoms with E-state index in [0.717, 1.165) is 16.9 Å². The lowest BCUT2D eigenvalue weighted by atomic mass is 10.0. The lowest BCUT2D eigenvalue weighted by Crippen LogP contribution is -2.01. The molecule has 0 atom stereocenters. The lowest BCUT2D eigenvalue weighted by Gasteiger charge is -2.16. The first kappa shape index (κ1) is 14.8. The average molecular weight is 291 g/mol. The molecule has 106 valence electrons. The van der Waals surface area contributed by atoms with Crippen LogP contribution in [0.5, 0.6) is 11.6 Å². The molecule has 1 aromatic carbocycles. The van der Waals surface area contributed by atoms with Gasteiger partial charge in [0.15, 0.2) is 0 Å². The van der Waals surface area contributed by atoms with Crippen LogP contribution in [0, 0.1) is 0 Å². The minimum absolute atomic E-state index is 0.199. The molecule has 0 spiro atoms. The second-order valence-electron chi connectivity index (χ2n) is 5.33. The Labute approximate surface area is 125 Å². The molecule has 0 amide bonds. The molecule has 20 heavy (non-hydrogen) atoms. The molecule has 0 unspecified atom stereocenters. The number of halogens is 1. The van der Waals surface area contributed by atoms with Gasteiger partial charge in [0.1, 0.15) is 17.2 Å². The van der Waals surface area contributed by atoms with Crippen LogP contribution in [0.25, 0.3) is 0 Å². The van der Waals surface area contributed by atoms with Crippen molar-refractivity contribution in [3.05, 3.63) is 46.9 Å². The van der Waals surface area contributed by atoms with Gasteiger partial charge in [-0.25, -0.2) is 9.97 Å². The van der Waals surface area contributed by atoms with E-state index >= 15 is 0 Å². The first-order chi connectivity index (χ1) is 9.50. The maximum atomic E-state index is 6.16. The summed E-state index contributed by atoms with van der Waals surface area (Å²) in [5.74, 6) is 1.93. The largest absolute Gasteiger partial charge is 0.438 e. The van der Waals surface area contributed by atoms with E-state index in [1.54, 1.807) is 0 Å². The molecule has 1 aromatic heterocycles. The molecule has 0 bridgehead atoms. The SMILES string of the molecule is CC(C)c1ccccc1Oc1ncnc(Cl)c1C(C)C. The molecule has 0 aliphatic rings. The summed E-state index contributed by atoms with van der Waals surface area (Å²) in [7, 11) is 0. The van der Waals surface area contributed by atoms with E-state index in [0.29, 0.717) is 17.0 Å². The number of benzene rings is 1. The number of nitrogens with zero attached hydrogens (tertiary/aromatic N) is 2. The fourth-order valence-electron chi connectivity index (χ4n) is 2.08. The van der Waals surface area contributed by atoms with E-state index in [2.05, 4.69) is 29.9 Å². The van der Waals surface area contributed by atoms with Gasteiger partial charge in [-0.1, -0.05) is 57.5 Å². The predicted octanol–water partition coefficient (Wildman–Crippen LogP) is 5.17. The van der Waals surface area contributed by atoms with E-state index < -0.39 is 0 Å². The van der Waals surface area contributed by atoms with Gasteiger partial charge in [0.05, 0.1) is 5.56 Å². The summed E-state index contributed by atoms with van der Waals surface area (Å²) in [5.41, 5.74) is 1.99. The van der Waals surface area contributed by atoms with Crippen molar-refractivity contribution in [2.45, 2.75) is 39.5 Å². The van der Waals surface area contributed by atoms with E-state index in [-0.39, 0.29) is 5.92 Å². The van der Waals surface area contributed by atoms with Crippen LogP contribution in [-0.4, -0.2) is 9.97 Å². The van der Waals surface area contributed by atoms with Gasteiger partial charge in [0.2, 0.25) is 5.88 Å². The Balaban J connectivity index is 2.43. The maximum Gasteiger partial charge on any atom is 0.227 e. The van der Waals surface area contributed by atoms with Crippen molar-refractivity contribution in [1.29, 1.82) is 0 Å². The summed E-state index contributed by atoms with van der Waals surface area (Å²) in [6, 6.07) is 7.99. The third kappa shape index (κ3) is 3.10. The van der Waals surface area contributed by atoms with Crippen molar-refractivity contribution in [2.24, 2.45) is 0 Å². The summed E-state index contributed by atoms with van der Waals surface area (Å²) in [6.07, 6.45) is 1.43. The molecule has 3 nitrogen and oxygen atoms in total. The Morgan fingerprint density at radius 1 is 1.00 bits per heavy atom. The van der Waals surface area contributed by atoms with Crippen molar-refractivity contribution >= 4 is 11.6 Å². The normalized spacial score (nSPS) is 11.2. The van der Waals surface area contributed by atoms with E-state index in [9.17, 15) is 0 Å². The zero-order chi connectivity index (χ0) is 14.7. The van der Waals surface area contributed by atoms with Crippen LogP contribution >= 0.6 is 11.6 Å². The van der Waals surface area contributed by atoms with Crippen LogP contribution in [0.4, 0.5) is 0 Å². The Kier molecular flexibility index (Phi) is 4.61. The quantitative estimate of drug-likeness (QED) is 0.729. The van der Waals surface area contributed by atoms with Crippen LogP contribution in [-0.2, 0) is 0 Å². The smallest absolute Gasteiger partial charge is 0.227 e. The molecule has 0 saturated carbocycles. The Morgan fingerprint density at radius 2 is 1.70 bits per heavy atom. The number of aromatic nitrogens is 2. The van der Waals surface area contributed by atoms with E-state index in [4.69, 9.17) is 16.3 Å². The minimum atomic E-state index is 0.199. The van der Waals surface area contributed by atoms with Gasteiger partial charge in [0, 0.05) is 0 Å². The fourth-order valence-corrected chi connectivity index (χ4v) is 2.42. The number of ether oxygens (including phenoxy) is 1. The topological polar surface area (TPSA) is 35.0 Å². The van der Waals surface area contributed by atoms with Gasteiger partial charge >= 0.3 is 0 Å². The van der Waals surface area contributed by atoms with Crippen LogP contribution in [0.3, 0.4) is 0 Å². The number of hydrogen-bond donors (Lipinski definition) is 0. The van der Waals surface area contributed by atoms with E-state index in [1.165, 1.54) is 6.33 Å². The summed E-state index contributed by atoms with van der Waals surface area (Å²) < 4.78 is 6.01.